The van der Waals surface area contributed by atoms with Gasteiger partial charge >= 0.3 is 0 Å². The maximum absolute atomic E-state index is 11.5. The largest absolute Gasteiger partial charge is 0.360 e. The number of ketones is 1. The lowest BCUT2D eigenvalue weighted by Crippen LogP contribution is -2.33. The van der Waals surface area contributed by atoms with Gasteiger partial charge in [-0.25, -0.2) is 0 Å². The summed E-state index contributed by atoms with van der Waals surface area (Å²) in [5, 5.41) is 1.16. The average molecular weight is 231 g/mol. The van der Waals surface area contributed by atoms with E-state index in [-0.39, 0.29) is 5.78 Å². The molecule has 0 fully saturated rings. The summed E-state index contributed by atoms with van der Waals surface area (Å²) in [5.74, 6) is 0.106. The Kier molecular flexibility index (Phi) is 2.79. The molecule has 0 radical (unpaired) electrons. The number of carbonyl (C=O) groups excluding carboxylic acids is 1. The molecular formula is C14H19N2O+. The molecule has 0 aliphatic carbocycles. The number of aromatic amines is 1. The summed E-state index contributed by atoms with van der Waals surface area (Å²) < 4.78 is 0.872. The molecule has 0 spiro atoms. The number of hydrogen-bond acceptors (Lipinski definition) is 1. The minimum absolute atomic E-state index is 0.106. The molecule has 0 saturated heterocycles. The number of nitrogens with one attached hydrogen (secondary N) is 1. The normalized spacial score (nSPS) is 12.0. The van der Waals surface area contributed by atoms with Crippen molar-refractivity contribution in [2.24, 2.45) is 0 Å². The lowest BCUT2D eigenvalue weighted by Gasteiger charge is -2.23. The number of Topliss-reactive ketones (excluding diaryl/α,β-unsaturated/α-hetero) is 1. The fourth-order valence-electron chi connectivity index (χ4n) is 2.15. The average Bonchev–Trinajstić information content (AvgIpc) is 2.59. The number of para-hydroxylation sites is 1. The van der Waals surface area contributed by atoms with Gasteiger partial charge in [0.05, 0.1) is 26.7 Å². The fraction of sp³-hybridized carbons (Fsp3) is 0.357. The fourth-order valence-corrected chi connectivity index (χ4v) is 2.15. The molecule has 2 aromatic rings. The van der Waals surface area contributed by atoms with Gasteiger partial charge in [-0.2, -0.15) is 0 Å². The molecule has 1 heterocycles. The number of aromatic nitrogens is 1. The minimum atomic E-state index is 0.106. The predicted molar refractivity (Wildman–Crippen MR) is 70.0 cm³/mol. The Morgan fingerprint density at radius 3 is 2.59 bits per heavy atom. The summed E-state index contributed by atoms with van der Waals surface area (Å²) in [6.45, 7) is 2.55. The van der Waals surface area contributed by atoms with E-state index < -0.39 is 0 Å². The first-order valence-corrected chi connectivity index (χ1v) is 5.79. The van der Waals surface area contributed by atoms with Crippen LogP contribution in [0.5, 0.6) is 0 Å². The van der Waals surface area contributed by atoms with Crippen molar-refractivity contribution in [1.29, 1.82) is 0 Å². The van der Waals surface area contributed by atoms with Crippen LogP contribution in [0.25, 0.3) is 10.9 Å². The molecule has 0 saturated carbocycles. The van der Waals surface area contributed by atoms with Gasteiger partial charge in [0.1, 0.15) is 6.54 Å². The quantitative estimate of drug-likeness (QED) is 0.639. The van der Waals surface area contributed by atoms with Crippen molar-refractivity contribution in [3.8, 4) is 0 Å². The van der Waals surface area contributed by atoms with E-state index >= 15 is 0 Å². The molecule has 0 amide bonds. The van der Waals surface area contributed by atoms with Crippen molar-refractivity contribution in [3.05, 3.63) is 35.5 Å². The number of hydrogen-bond donors (Lipinski definition) is 1. The van der Waals surface area contributed by atoms with Crippen molar-refractivity contribution >= 4 is 16.7 Å². The Bertz CT molecular complexity index is 561. The van der Waals surface area contributed by atoms with Crippen molar-refractivity contribution in [3.63, 3.8) is 0 Å². The van der Waals surface area contributed by atoms with E-state index in [1.54, 1.807) is 6.92 Å². The van der Waals surface area contributed by atoms with Crippen molar-refractivity contribution in [1.82, 2.24) is 4.98 Å². The number of benzene rings is 1. The first-order valence-electron chi connectivity index (χ1n) is 5.79. The minimum Gasteiger partial charge on any atom is -0.360 e. The maximum Gasteiger partial charge on any atom is 0.161 e. The summed E-state index contributed by atoms with van der Waals surface area (Å²) in [4.78, 5) is 14.8. The zero-order chi connectivity index (χ0) is 12.6. The summed E-state index contributed by atoms with van der Waals surface area (Å²) >= 11 is 0. The Hall–Kier alpha value is -1.61. The highest BCUT2D eigenvalue weighted by Crippen LogP contribution is 2.23. The summed E-state index contributed by atoms with van der Waals surface area (Å²) in [5.41, 5.74) is 2.99. The van der Waals surface area contributed by atoms with Gasteiger partial charge in [0.15, 0.2) is 5.78 Å². The summed E-state index contributed by atoms with van der Waals surface area (Å²) in [6.07, 6.45) is 2.01. The first-order chi connectivity index (χ1) is 7.88. The number of nitrogens with zero attached hydrogens (tertiary/aromatic N) is 1. The van der Waals surface area contributed by atoms with Crippen molar-refractivity contribution in [2.75, 3.05) is 21.1 Å². The van der Waals surface area contributed by atoms with Crippen molar-refractivity contribution in [2.45, 2.75) is 13.5 Å². The molecule has 2 rings (SSSR count). The second kappa shape index (κ2) is 4.00. The number of carbonyl (C=O) groups is 1. The Labute approximate surface area is 102 Å². The van der Waals surface area contributed by atoms with Gasteiger partial charge in [0.2, 0.25) is 0 Å². The maximum atomic E-state index is 11.5. The van der Waals surface area contributed by atoms with Crippen molar-refractivity contribution < 1.29 is 9.28 Å². The van der Waals surface area contributed by atoms with Crippen LogP contribution < -0.4 is 0 Å². The lowest BCUT2D eigenvalue weighted by atomic mass is 10.1. The predicted octanol–water partition coefficient (Wildman–Crippen LogP) is 2.58. The molecule has 0 aliphatic rings. The molecule has 0 bridgehead atoms. The first kappa shape index (κ1) is 11.9. The molecule has 90 valence electrons. The highest BCUT2D eigenvalue weighted by atomic mass is 16.1. The van der Waals surface area contributed by atoms with Crippen LogP contribution in [-0.4, -0.2) is 36.4 Å². The van der Waals surface area contributed by atoms with Gasteiger partial charge < -0.3 is 9.47 Å². The molecular weight excluding hydrogens is 212 g/mol. The third-order valence-corrected chi connectivity index (χ3v) is 2.83. The second-order valence-electron chi connectivity index (χ2n) is 5.55. The summed E-state index contributed by atoms with van der Waals surface area (Å²) in [6, 6.07) is 5.90. The molecule has 1 N–H and O–H groups in total. The molecule has 0 aliphatic heterocycles. The standard InChI is InChI=1S/C14H18N2O/c1-10(17)12-6-5-7-13-11(8-15-14(12)13)9-16(2,3)4/h5-8H,9H2,1-4H3/p+1. The van der Waals surface area contributed by atoms with Crippen LogP contribution in [0.2, 0.25) is 0 Å². The molecule has 3 nitrogen and oxygen atoms in total. The van der Waals surface area contributed by atoms with Crippen LogP contribution in [0, 0.1) is 0 Å². The van der Waals surface area contributed by atoms with Crippen LogP contribution >= 0.6 is 0 Å². The van der Waals surface area contributed by atoms with E-state index in [1.807, 2.05) is 18.3 Å². The van der Waals surface area contributed by atoms with Gasteiger partial charge in [0.25, 0.3) is 0 Å². The van der Waals surface area contributed by atoms with E-state index in [0.717, 1.165) is 27.5 Å². The van der Waals surface area contributed by atoms with Gasteiger partial charge in [-0.05, 0) is 13.0 Å². The number of rotatable bonds is 3. The Morgan fingerprint density at radius 2 is 2.00 bits per heavy atom. The highest BCUT2D eigenvalue weighted by Gasteiger charge is 2.15. The zero-order valence-electron chi connectivity index (χ0n) is 10.9. The molecule has 0 unspecified atom stereocenters. The molecule has 17 heavy (non-hydrogen) atoms. The van der Waals surface area contributed by atoms with Gasteiger partial charge in [-0.15, -0.1) is 0 Å². The van der Waals surface area contributed by atoms with E-state index in [9.17, 15) is 4.79 Å². The van der Waals surface area contributed by atoms with Gasteiger partial charge in [-0.1, -0.05) is 12.1 Å². The molecule has 0 atom stereocenters. The van der Waals surface area contributed by atoms with Gasteiger partial charge in [0, 0.05) is 22.7 Å². The van der Waals surface area contributed by atoms with Crippen LogP contribution in [-0.2, 0) is 6.54 Å². The third kappa shape index (κ3) is 2.39. The van der Waals surface area contributed by atoms with E-state index in [1.165, 1.54) is 5.56 Å². The zero-order valence-corrected chi connectivity index (χ0v) is 10.9. The molecule has 1 aromatic carbocycles. The van der Waals surface area contributed by atoms with Crippen LogP contribution in [0.3, 0.4) is 0 Å². The van der Waals surface area contributed by atoms with Gasteiger partial charge in [-0.3, -0.25) is 4.79 Å². The van der Waals surface area contributed by atoms with E-state index in [2.05, 4.69) is 32.2 Å². The number of H-pyrrole nitrogens is 1. The topological polar surface area (TPSA) is 32.9 Å². The monoisotopic (exact) mass is 231 g/mol. The third-order valence-electron chi connectivity index (χ3n) is 2.83. The Morgan fingerprint density at radius 1 is 1.29 bits per heavy atom. The lowest BCUT2D eigenvalue weighted by molar-refractivity contribution is -0.883. The molecule has 1 aromatic heterocycles. The molecule has 3 heteroatoms. The van der Waals surface area contributed by atoms with Crippen LogP contribution in [0.1, 0.15) is 22.8 Å². The number of quaternary nitrogens is 1. The highest BCUT2D eigenvalue weighted by molar-refractivity contribution is 6.06. The number of fused-ring (bicyclic) bond motifs is 1. The van der Waals surface area contributed by atoms with E-state index in [0.29, 0.717) is 0 Å². The Balaban J connectivity index is 2.55. The SMILES string of the molecule is CC(=O)c1cccc2c(C[N+](C)(C)C)c[nH]c12. The smallest absolute Gasteiger partial charge is 0.161 e. The van der Waals surface area contributed by atoms with Crippen LogP contribution in [0.15, 0.2) is 24.4 Å². The summed E-state index contributed by atoms with van der Waals surface area (Å²) in [7, 11) is 6.48. The second-order valence-corrected chi connectivity index (χ2v) is 5.55. The van der Waals surface area contributed by atoms with E-state index in [4.69, 9.17) is 0 Å². The van der Waals surface area contributed by atoms with Crippen LogP contribution in [0.4, 0.5) is 0 Å².